The van der Waals surface area contributed by atoms with E-state index in [1.807, 2.05) is 19.9 Å². The second kappa shape index (κ2) is 5.45. The number of carbonyl (C=O) groups is 1. The van der Waals surface area contributed by atoms with Crippen molar-refractivity contribution in [2.45, 2.75) is 39.7 Å². The predicted octanol–water partition coefficient (Wildman–Crippen LogP) is 2.23. The van der Waals surface area contributed by atoms with E-state index in [9.17, 15) is 13.2 Å². The van der Waals surface area contributed by atoms with Crippen LogP contribution in [0.3, 0.4) is 0 Å². The molecular formula is C18H23NO5S. The van der Waals surface area contributed by atoms with E-state index in [2.05, 4.69) is 4.72 Å². The van der Waals surface area contributed by atoms with Gasteiger partial charge in [-0.15, -0.1) is 0 Å². The summed E-state index contributed by atoms with van der Waals surface area (Å²) in [5.41, 5.74) is -0.192. The quantitative estimate of drug-likeness (QED) is 0.865. The van der Waals surface area contributed by atoms with Crippen LogP contribution in [0.25, 0.3) is 0 Å². The van der Waals surface area contributed by atoms with Crippen LogP contribution >= 0.6 is 0 Å². The Kier molecular flexibility index (Phi) is 3.67. The zero-order valence-electron chi connectivity index (χ0n) is 14.5. The lowest BCUT2D eigenvalue weighted by atomic mass is 9.70. The number of sulfonamides is 1. The minimum atomic E-state index is -3.57. The van der Waals surface area contributed by atoms with E-state index in [-0.39, 0.29) is 30.3 Å². The summed E-state index contributed by atoms with van der Waals surface area (Å²) in [6, 6.07) is 5.36. The minimum absolute atomic E-state index is 0.113. The highest BCUT2D eigenvalue weighted by atomic mass is 32.2. The Bertz CT molecular complexity index is 832. The monoisotopic (exact) mass is 365 g/mol. The fourth-order valence-electron chi connectivity index (χ4n) is 4.73. The van der Waals surface area contributed by atoms with Crippen LogP contribution in [0.1, 0.15) is 38.7 Å². The normalized spacial score (nSPS) is 29.4. The summed E-state index contributed by atoms with van der Waals surface area (Å²) < 4.78 is 38.6. The molecule has 1 aromatic carbocycles. The summed E-state index contributed by atoms with van der Waals surface area (Å²) >= 11 is 0. The van der Waals surface area contributed by atoms with Gasteiger partial charge in [0, 0.05) is 18.4 Å². The van der Waals surface area contributed by atoms with Crippen molar-refractivity contribution in [1.82, 2.24) is 4.72 Å². The molecule has 2 fully saturated rings. The van der Waals surface area contributed by atoms with Crippen molar-refractivity contribution in [2.75, 3.05) is 12.5 Å². The molecule has 2 atom stereocenters. The molecule has 6 nitrogen and oxygen atoms in total. The van der Waals surface area contributed by atoms with Gasteiger partial charge in [-0.05, 0) is 41.9 Å². The van der Waals surface area contributed by atoms with E-state index in [0.717, 1.165) is 12.0 Å². The zero-order chi connectivity index (χ0) is 17.9. The summed E-state index contributed by atoms with van der Waals surface area (Å²) in [6.45, 7) is 4.45. The van der Waals surface area contributed by atoms with E-state index in [4.69, 9.17) is 9.47 Å². The molecule has 1 aromatic rings. The fraction of sp³-hybridized carbons (Fsp3) is 0.611. The van der Waals surface area contributed by atoms with Crippen LogP contribution in [0, 0.1) is 16.7 Å². The zero-order valence-corrected chi connectivity index (χ0v) is 15.3. The number of rotatable bonds is 5. The molecule has 2 bridgehead atoms. The van der Waals surface area contributed by atoms with Crippen LogP contribution in [0.5, 0.6) is 11.5 Å². The highest BCUT2D eigenvalue weighted by Crippen LogP contribution is 2.64. The summed E-state index contributed by atoms with van der Waals surface area (Å²) in [5.74, 6) is 1.60. The van der Waals surface area contributed by atoms with Gasteiger partial charge < -0.3 is 9.47 Å². The number of Topliss-reactive ketones (excluding diaryl/α,β-unsaturated/α-hetero) is 1. The van der Waals surface area contributed by atoms with E-state index < -0.39 is 15.4 Å². The smallest absolute Gasteiger partial charge is 0.231 e. The van der Waals surface area contributed by atoms with Gasteiger partial charge in [0.15, 0.2) is 11.5 Å². The van der Waals surface area contributed by atoms with Gasteiger partial charge in [0.2, 0.25) is 16.8 Å². The first-order chi connectivity index (χ1) is 11.7. The Morgan fingerprint density at radius 1 is 1.24 bits per heavy atom. The molecule has 1 heterocycles. The average Bonchev–Trinajstić information content (AvgIpc) is 3.15. The molecule has 2 saturated carbocycles. The van der Waals surface area contributed by atoms with E-state index >= 15 is 0 Å². The van der Waals surface area contributed by atoms with Crippen molar-refractivity contribution in [2.24, 2.45) is 16.7 Å². The second-order valence-corrected chi connectivity index (χ2v) is 9.74. The molecule has 2 aliphatic carbocycles. The summed E-state index contributed by atoms with van der Waals surface area (Å²) in [4.78, 5) is 12.5. The van der Waals surface area contributed by atoms with Crippen molar-refractivity contribution in [3.63, 3.8) is 0 Å². The summed E-state index contributed by atoms with van der Waals surface area (Å²) in [6.07, 6.45) is 2.13. The molecule has 1 N–H and O–H groups in total. The average molecular weight is 365 g/mol. The number of ether oxygens (including phenoxy) is 2. The number of fused-ring (bicyclic) bond motifs is 3. The lowest BCUT2D eigenvalue weighted by molar-refractivity contribution is -0.128. The molecule has 4 rings (SSSR count). The molecule has 136 valence electrons. The molecule has 0 saturated heterocycles. The third-order valence-corrected chi connectivity index (χ3v) is 7.97. The number of hydrogen-bond acceptors (Lipinski definition) is 5. The Hall–Kier alpha value is -1.60. The minimum Gasteiger partial charge on any atom is -0.454 e. The standard InChI is InChI=1S/C18H23NO5S/c1-17(2)13-5-6-18(17,16(20)8-13)10-25(21,22)19-9-12-3-4-14-15(7-12)24-11-23-14/h3-4,7,13,19H,5-6,8-11H2,1-2H3/t13-,18-/m0/s1. The molecular weight excluding hydrogens is 342 g/mol. The third-order valence-electron chi connectivity index (χ3n) is 6.51. The summed E-state index contributed by atoms with van der Waals surface area (Å²) in [5, 5.41) is 0. The predicted molar refractivity (Wildman–Crippen MR) is 91.8 cm³/mol. The van der Waals surface area contributed by atoms with Gasteiger partial charge in [0.05, 0.1) is 5.75 Å². The lowest BCUT2D eigenvalue weighted by Crippen LogP contribution is -2.45. The Morgan fingerprint density at radius 2 is 2.00 bits per heavy atom. The van der Waals surface area contributed by atoms with Gasteiger partial charge in [-0.25, -0.2) is 13.1 Å². The largest absolute Gasteiger partial charge is 0.454 e. The van der Waals surface area contributed by atoms with Crippen LogP contribution in [-0.2, 0) is 21.4 Å². The third kappa shape index (κ3) is 2.56. The van der Waals surface area contributed by atoms with Crippen molar-refractivity contribution >= 4 is 15.8 Å². The van der Waals surface area contributed by atoms with Gasteiger partial charge >= 0.3 is 0 Å². The first-order valence-electron chi connectivity index (χ1n) is 8.63. The molecule has 0 radical (unpaired) electrons. The molecule has 7 heteroatoms. The van der Waals surface area contributed by atoms with Gasteiger partial charge in [0.25, 0.3) is 0 Å². The Morgan fingerprint density at radius 3 is 2.68 bits per heavy atom. The molecule has 3 aliphatic rings. The number of nitrogens with one attached hydrogen (secondary N) is 1. The highest BCUT2D eigenvalue weighted by Gasteiger charge is 2.65. The maximum absolute atomic E-state index is 12.7. The van der Waals surface area contributed by atoms with Crippen molar-refractivity contribution < 1.29 is 22.7 Å². The molecule has 0 amide bonds. The van der Waals surface area contributed by atoms with Gasteiger partial charge in [0.1, 0.15) is 5.78 Å². The molecule has 1 aliphatic heterocycles. The first kappa shape index (κ1) is 16.8. The van der Waals surface area contributed by atoms with Gasteiger partial charge in [-0.2, -0.15) is 0 Å². The van der Waals surface area contributed by atoms with Gasteiger partial charge in [-0.3, -0.25) is 4.79 Å². The van der Waals surface area contributed by atoms with E-state index in [1.165, 1.54) is 0 Å². The summed E-state index contributed by atoms with van der Waals surface area (Å²) in [7, 11) is -3.57. The van der Waals surface area contributed by atoms with E-state index in [0.29, 0.717) is 30.3 Å². The lowest BCUT2D eigenvalue weighted by Gasteiger charge is -2.36. The topological polar surface area (TPSA) is 81.7 Å². The molecule has 25 heavy (non-hydrogen) atoms. The number of hydrogen-bond donors (Lipinski definition) is 1. The van der Waals surface area contributed by atoms with Crippen LogP contribution < -0.4 is 14.2 Å². The number of benzene rings is 1. The molecule has 0 spiro atoms. The molecule has 0 aromatic heterocycles. The number of ketones is 1. The van der Waals surface area contributed by atoms with Crippen molar-refractivity contribution in [3.05, 3.63) is 23.8 Å². The van der Waals surface area contributed by atoms with Crippen molar-refractivity contribution in [3.8, 4) is 11.5 Å². The maximum atomic E-state index is 12.7. The highest BCUT2D eigenvalue weighted by molar-refractivity contribution is 7.89. The van der Waals surface area contributed by atoms with Crippen LogP contribution in [0.15, 0.2) is 18.2 Å². The maximum Gasteiger partial charge on any atom is 0.231 e. The SMILES string of the molecule is CC1(C)[C@H]2CC[C@]1(CS(=O)(=O)NCc1ccc3c(c1)OCO3)C(=O)C2. The van der Waals surface area contributed by atoms with Crippen LogP contribution in [-0.4, -0.2) is 26.7 Å². The van der Waals surface area contributed by atoms with E-state index in [1.54, 1.807) is 12.1 Å². The second-order valence-electron chi connectivity index (χ2n) is 7.93. The number of carbonyl (C=O) groups excluding carboxylic acids is 1. The fourth-order valence-corrected chi connectivity index (χ4v) is 6.54. The molecule has 0 unspecified atom stereocenters. The van der Waals surface area contributed by atoms with Crippen molar-refractivity contribution in [1.29, 1.82) is 0 Å². The van der Waals surface area contributed by atoms with Crippen LogP contribution in [0.4, 0.5) is 0 Å². The van der Waals surface area contributed by atoms with Gasteiger partial charge in [-0.1, -0.05) is 19.9 Å². The Labute approximate surface area is 147 Å². The van der Waals surface area contributed by atoms with Crippen LogP contribution in [0.2, 0.25) is 0 Å². The Balaban J connectivity index is 1.48. The first-order valence-corrected chi connectivity index (χ1v) is 10.3.